The summed E-state index contributed by atoms with van der Waals surface area (Å²) in [6.45, 7) is 3.88. The molecule has 0 spiro atoms. The van der Waals surface area contributed by atoms with E-state index in [1.807, 2.05) is 13.8 Å². The maximum absolute atomic E-state index is 13.3. The quantitative estimate of drug-likeness (QED) is 0.791. The van der Waals surface area contributed by atoms with Gasteiger partial charge in [0.1, 0.15) is 29.4 Å². The Hall–Kier alpha value is -1.92. The zero-order valence-corrected chi connectivity index (χ0v) is 13.4. The van der Waals surface area contributed by atoms with Gasteiger partial charge in [-0.05, 0) is 50.2 Å². The SMILES string of the molecule is CC1(C)Oc2ccc(S(=O)(=O)c3cccc(F)c3)cc2C2OC21. The minimum absolute atomic E-state index is 0.0669. The summed E-state index contributed by atoms with van der Waals surface area (Å²) in [6.07, 6.45) is -0.210. The van der Waals surface area contributed by atoms with Crippen LogP contribution in [0.4, 0.5) is 4.39 Å². The van der Waals surface area contributed by atoms with Crippen LogP contribution < -0.4 is 4.74 Å². The van der Waals surface area contributed by atoms with Crippen molar-refractivity contribution in [3.05, 3.63) is 53.8 Å². The molecule has 2 atom stereocenters. The van der Waals surface area contributed by atoms with E-state index in [4.69, 9.17) is 9.47 Å². The molecule has 120 valence electrons. The van der Waals surface area contributed by atoms with Crippen LogP contribution in [0.2, 0.25) is 0 Å². The molecule has 2 aliphatic rings. The van der Waals surface area contributed by atoms with Crippen LogP contribution in [0.3, 0.4) is 0 Å². The van der Waals surface area contributed by atoms with Crippen molar-refractivity contribution in [1.82, 2.24) is 0 Å². The Kier molecular flexibility index (Phi) is 2.90. The molecule has 2 aromatic rings. The summed E-state index contributed by atoms with van der Waals surface area (Å²) in [5.41, 5.74) is 0.299. The highest BCUT2D eigenvalue weighted by Gasteiger charge is 2.56. The Morgan fingerprint density at radius 3 is 2.57 bits per heavy atom. The number of ether oxygens (including phenoxy) is 2. The lowest BCUT2D eigenvalue weighted by Gasteiger charge is -2.29. The third kappa shape index (κ3) is 2.24. The van der Waals surface area contributed by atoms with E-state index in [0.717, 1.165) is 11.6 Å². The molecule has 0 aliphatic carbocycles. The second-order valence-electron chi connectivity index (χ2n) is 6.34. The van der Waals surface area contributed by atoms with Crippen molar-refractivity contribution in [2.24, 2.45) is 0 Å². The fourth-order valence-corrected chi connectivity index (χ4v) is 4.33. The highest BCUT2D eigenvalue weighted by atomic mass is 32.2. The highest BCUT2D eigenvalue weighted by Crippen LogP contribution is 2.54. The normalized spacial score (nSPS) is 24.3. The minimum Gasteiger partial charge on any atom is -0.485 e. The summed E-state index contributed by atoms with van der Waals surface area (Å²) < 4.78 is 50.2. The molecule has 0 amide bonds. The molecular weight excluding hydrogens is 319 g/mol. The molecule has 4 nitrogen and oxygen atoms in total. The highest BCUT2D eigenvalue weighted by molar-refractivity contribution is 7.91. The van der Waals surface area contributed by atoms with E-state index >= 15 is 0 Å². The van der Waals surface area contributed by atoms with E-state index in [9.17, 15) is 12.8 Å². The standard InChI is InChI=1S/C17H15FO4S/c1-17(2)16-15(21-16)13-9-12(6-7-14(13)22-17)23(19,20)11-5-3-4-10(18)8-11/h3-9,15-16H,1-2H3. The maximum Gasteiger partial charge on any atom is 0.206 e. The molecule has 0 bridgehead atoms. The molecule has 2 aliphatic heterocycles. The lowest BCUT2D eigenvalue weighted by atomic mass is 9.94. The van der Waals surface area contributed by atoms with Crippen LogP contribution in [0.1, 0.15) is 25.5 Å². The molecule has 1 saturated heterocycles. The van der Waals surface area contributed by atoms with Gasteiger partial charge in [0.05, 0.1) is 9.79 Å². The molecule has 0 saturated carbocycles. The van der Waals surface area contributed by atoms with E-state index in [2.05, 4.69) is 0 Å². The van der Waals surface area contributed by atoms with Crippen LogP contribution in [0.15, 0.2) is 52.3 Å². The van der Waals surface area contributed by atoms with Crippen molar-refractivity contribution in [3.63, 3.8) is 0 Å². The zero-order chi connectivity index (χ0) is 16.4. The number of epoxide rings is 1. The predicted octanol–water partition coefficient (Wildman–Crippen LogP) is 3.27. The summed E-state index contributed by atoms with van der Waals surface area (Å²) in [4.78, 5) is 0.0437. The van der Waals surface area contributed by atoms with Gasteiger partial charge in [0.25, 0.3) is 0 Å². The largest absolute Gasteiger partial charge is 0.485 e. The second-order valence-corrected chi connectivity index (χ2v) is 8.29. The van der Waals surface area contributed by atoms with Gasteiger partial charge in [-0.3, -0.25) is 0 Å². The van der Waals surface area contributed by atoms with Gasteiger partial charge in [-0.1, -0.05) is 6.07 Å². The molecule has 0 N–H and O–H groups in total. The number of hydrogen-bond donors (Lipinski definition) is 0. The Morgan fingerprint density at radius 2 is 1.83 bits per heavy atom. The van der Waals surface area contributed by atoms with Crippen LogP contribution >= 0.6 is 0 Å². The number of halogens is 1. The summed E-state index contributed by atoms with van der Waals surface area (Å²) in [5, 5.41) is 0. The van der Waals surface area contributed by atoms with Crippen LogP contribution in [0, 0.1) is 5.82 Å². The molecule has 0 aromatic heterocycles. The molecular formula is C17H15FO4S. The molecule has 2 unspecified atom stereocenters. The average molecular weight is 334 g/mol. The molecule has 1 fully saturated rings. The third-order valence-corrected chi connectivity index (χ3v) is 6.00. The Bertz CT molecular complexity index is 905. The molecule has 4 rings (SSSR count). The van der Waals surface area contributed by atoms with Crippen molar-refractivity contribution in [3.8, 4) is 5.75 Å². The van der Waals surface area contributed by atoms with Gasteiger partial charge >= 0.3 is 0 Å². The van der Waals surface area contributed by atoms with E-state index in [1.165, 1.54) is 24.3 Å². The Morgan fingerprint density at radius 1 is 1.09 bits per heavy atom. The first-order valence-corrected chi connectivity index (χ1v) is 8.76. The predicted molar refractivity (Wildman–Crippen MR) is 80.6 cm³/mol. The second kappa shape index (κ2) is 4.55. The molecule has 2 aromatic carbocycles. The summed E-state index contributed by atoms with van der Waals surface area (Å²) >= 11 is 0. The van der Waals surface area contributed by atoms with Crippen LogP contribution in [-0.4, -0.2) is 20.1 Å². The van der Waals surface area contributed by atoms with Crippen molar-refractivity contribution in [2.75, 3.05) is 0 Å². The van der Waals surface area contributed by atoms with E-state index < -0.39 is 21.3 Å². The number of hydrogen-bond acceptors (Lipinski definition) is 4. The smallest absolute Gasteiger partial charge is 0.206 e. The summed E-state index contributed by atoms with van der Waals surface area (Å²) in [6, 6.07) is 9.68. The van der Waals surface area contributed by atoms with Crippen LogP contribution in [-0.2, 0) is 14.6 Å². The Balaban J connectivity index is 1.79. The summed E-state index contributed by atoms with van der Waals surface area (Å²) in [7, 11) is -3.78. The monoisotopic (exact) mass is 334 g/mol. The molecule has 6 heteroatoms. The van der Waals surface area contributed by atoms with Crippen molar-refractivity contribution in [2.45, 2.75) is 41.4 Å². The first kappa shape index (κ1) is 14.7. The van der Waals surface area contributed by atoms with Crippen LogP contribution in [0.25, 0.3) is 0 Å². The van der Waals surface area contributed by atoms with E-state index in [-0.39, 0.29) is 22.0 Å². The number of sulfone groups is 1. The van der Waals surface area contributed by atoms with Gasteiger partial charge in [0.2, 0.25) is 9.84 Å². The number of fused-ring (bicyclic) bond motifs is 3. The maximum atomic E-state index is 13.3. The number of benzene rings is 2. The Labute approximate surface area is 133 Å². The lowest BCUT2D eigenvalue weighted by Crippen LogP contribution is -2.37. The third-order valence-electron chi connectivity index (χ3n) is 4.25. The molecule has 23 heavy (non-hydrogen) atoms. The van der Waals surface area contributed by atoms with Gasteiger partial charge in [-0.25, -0.2) is 12.8 Å². The van der Waals surface area contributed by atoms with E-state index in [1.54, 1.807) is 12.1 Å². The lowest BCUT2D eigenvalue weighted by molar-refractivity contribution is 0.0724. The fourth-order valence-electron chi connectivity index (χ4n) is 3.00. The van der Waals surface area contributed by atoms with Crippen molar-refractivity contribution >= 4 is 9.84 Å². The first-order valence-electron chi connectivity index (χ1n) is 7.28. The first-order chi connectivity index (χ1) is 10.8. The van der Waals surface area contributed by atoms with Gasteiger partial charge in [0.15, 0.2) is 0 Å². The minimum atomic E-state index is -3.78. The average Bonchev–Trinajstić information content (AvgIpc) is 3.28. The summed E-state index contributed by atoms with van der Waals surface area (Å²) in [5.74, 6) is 0.0478. The van der Waals surface area contributed by atoms with Crippen molar-refractivity contribution < 1.29 is 22.3 Å². The van der Waals surface area contributed by atoms with Crippen LogP contribution in [0.5, 0.6) is 5.75 Å². The van der Waals surface area contributed by atoms with Gasteiger partial charge < -0.3 is 9.47 Å². The fraction of sp³-hybridized carbons (Fsp3) is 0.294. The zero-order valence-electron chi connectivity index (χ0n) is 12.6. The topological polar surface area (TPSA) is 55.9 Å². The van der Waals surface area contributed by atoms with Crippen molar-refractivity contribution in [1.29, 1.82) is 0 Å². The van der Waals surface area contributed by atoms with Gasteiger partial charge in [0, 0.05) is 5.56 Å². The molecule has 0 radical (unpaired) electrons. The van der Waals surface area contributed by atoms with Gasteiger partial charge in [-0.15, -0.1) is 0 Å². The van der Waals surface area contributed by atoms with E-state index in [0.29, 0.717) is 5.75 Å². The number of rotatable bonds is 2. The van der Waals surface area contributed by atoms with Gasteiger partial charge in [-0.2, -0.15) is 0 Å². The molecule has 2 heterocycles.